The van der Waals surface area contributed by atoms with Crippen molar-refractivity contribution in [1.29, 1.82) is 0 Å². The van der Waals surface area contributed by atoms with Gasteiger partial charge in [0.1, 0.15) is 22.8 Å². The van der Waals surface area contributed by atoms with Crippen molar-refractivity contribution in [3.8, 4) is 28.4 Å². The maximum absolute atomic E-state index is 17.0. The van der Waals surface area contributed by atoms with Crippen LogP contribution in [0.2, 0.25) is 0 Å². The molecule has 0 spiro atoms. The van der Waals surface area contributed by atoms with Gasteiger partial charge in [-0.2, -0.15) is 23.1 Å². The van der Waals surface area contributed by atoms with Gasteiger partial charge in [-0.05, 0) is 87.9 Å². The van der Waals surface area contributed by atoms with Crippen molar-refractivity contribution in [2.75, 3.05) is 51.3 Å². The van der Waals surface area contributed by atoms with E-state index in [1.165, 1.54) is 17.4 Å². The van der Waals surface area contributed by atoms with Crippen LogP contribution in [0.15, 0.2) is 30.3 Å². The smallest absolute Gasteiger partial charge is 0.391 e. The number of piperidine rings is 1. The number of aromatic nitrogens is 3. The van der Waals surface area contributed by atoms with Gasteiger partial charge in [-0.15, -0.1) is 0 Å². The van der Waals surface area contributed by atoms with E-state index in [9.17, 15) is 13.2 Å². The van der Waals surface area contributed by atoms with Gasteiger partial charge in [0.25, 0.3) is 0 Å². The summed E-state index contributed by atoms with van der Waals surface area (Å²) in [5.41, 5.74) is 1.17. The highest BCUT2D eigenvalue weighted by Gasteiger charge is 2.47. The molecule has 2 aliphatic heterocycles. The molecule has 2 aromatic heterocycles. The van der Waals surface area contributed by atoms with Crippen molar-refractivity contribution in [3.63, 3.8) is 0 Å². The standard InChI is InChI=1S/C38H42F5N6OPS/c1-3-16-44-20-25-8-10-29-31-34(32(40)33(46-29)27-6-4-5-23-7-9-28(39)26(30(23)27)13-19-52-51-2)47-36(48-35(31)45-25)50-22-37(14-15-37)21-49-17-11-24(12-18-49)38(41,42)43/h4-7,9,24-25,44,51H,3,8,10-12,14-18,20-22H2,1-2H3,(H,45,47,48). The minimum absolute atomic E-state index is 0.0158. The van der Waals surface area contributed by atoms with Gasteiger partial charge in [0.05, 0.1) is 29.2 Å². The van der Waals surface area contributed by atoms with Crippen LogP contribution in [0.5, 0.6) is 6.01 Å². The summed E-state index contributed by atoms with van der Waals surface area (Å²) in [7, 11) is 0.508. The SMILES string of the molecule is CCCNCC1CCc2nc(-c3cccc4ccc(F)c(C#CSPC)c34)c(F)c3nc(OCC4(CN5CCC(C(F)(F)F)CC5)CC4)nc(c23)N1. The molecule has 1 saturated carbocycles. The number of aryl methyl sites for hydroxylation is 1. The number of anilines is 1. The van der Waals surface area contributed by atoms with Gasteiger partial charge in [0.15, 0.2) is 5.82 Å². The Labute approximate surface area is 306 Å². The molecule has 2 aromatic carbocycles. The summed E-state index contributed by atoms with van der Waals surface area (Å²) >= 11 is 1.40. The van der Waals surface area contributed by atoms with Crippen molar-refractivity contribution >= 4 is 46.7 Å². The molecule has 14 heteroatoms. The molecule has 0 bridgehead atoms. The highest BCUT2D eigenvalue weighted by molar-refractivity contribution is 8.52. The number of fused-ring (bicyclic) bond motifs is 1. The summed E-state index contributed by atoms with van der Waals surface area (Å²) in [4.78, 5) is 16.4. The Bertz CT molecular complexity index is 2010. The van der Waals surface area contributed by atoms with Gasteiger partial charge in [-0.3, -0.25) is 0 Å². The average molecular weight is 757 g/mol. The molecule has 1 saturated heterocycles. The fourth-order valence-corrected chi connectivity index (χ4v) is 8.09. The highest BCUT2D eigenvalue weighted by atomic mass is 32.7. The Morgan fingerprint density at radius 1 is 1.08 bits per heavy atom. The van der Waals surface area contributed by atoms with E-state index in [0.29, 0.717) is 80.0 Å². The zero-order valence-electron chi connectivity index (χ0n) is 29.2. The van der Waals surface area contributed by atoms with E-state index in [1.54, 1.807) is 18.2 Å². The maximum atomic E-state index is 17.0. The summed E-state index contributed by atoms with van der Waals surface area (Å²) in [6.07, 6.45) is 0.0366. The van der Waals surface area contributed by atoms with E-state index >= 15 is 8.78 Å². The van der Waals surface area contributed by atoms with Crippen LogP contribution in [0.1, 0.15) is 56.7 Å². The van der Waals surface area contributed by atoms with Crippen LogP contribution in [0, 0.1) is 34.1 Å². The molecule has 2 fully saturated rings. The maximum Gasteiger partial charge on any atom is 0.391 e. The molecule has 2 atom stereocenters. The molecule has 1 aliphatic carbocycles. The van der Waals surface area contributed by atoms with Crippen LogP contribution in [0.3, 0.4) is 0 Å². The Morgan fingerprint density at radius 3 is 2.62 bits per heavy atom. The lowest BCUT2D eigenvalue weighted by Crippen LogP contribution is -2.42. The Kier molecular flexibility index (Phi) is 11.1. The zero-order chi connectivity index (χ0) is 36.5. The van der Waals surface area contributed by atoms with Gasteiger partial charge < -0.3 is 20.3 Å². The monoisotopic (exact) mass is 756 g/mol. The number of rotatable bonds is 11. The van der Waals surface area contributed by atoms with Gasteiger partial charge in [-0.25, -0.2) is 13.8 Å². The number of nitrogens with one attached hydrogen (secondary N) is 2. The Hall–Kier alpha value is -3.30. The molecular formula is C38H42F5N6OPS. The first-order chi connectivity index (χ1) is 25.1. The molecule has 7 rings (SSSR count). The lowest BCUT2D eigenvalue weighted by atomic mass is 9.95. The normalized spacial score (nSPS) is 19.1. The van der Waals surface area contributed by atoms with Crippen molar-refractivity contribution in [2.24, 2.45) is 11.3 Å². The molecule has 3 aliphatic rings. The zero-order valence-corrected chi connectivity index (χ0v) is 31.0. The van der Waals surface area contributed by atoms with Crippen molar-refractivity contribution in [2.45, 2.75) is 64.1 Å². The summed E-state index contributed by atoms with van der Waals surface area (Å²) < 4.78 is 78.4. The van der Waals surface area contributed by atoms with Crippen molar-refractivity contribution in [1.82, 2.24) is 25.2 Å². The first-order valence-corrected chi connectivity index (χ1v) is 21.0. The number of ether oxygens (including phenoxy) is 1. The Morgan fingerprint density at radius 2 is 1.88 bits per heavy atom. The van der Waals surface area contributed by atoms with E-state index in [-0.39, 0.29) is 53.7 Å². The minimum Gasteiger partial charge on any atom is -0.463 e. The summed E-state index contributed by atoms with van der Waals surface area (Å²) in [5, 5.41) is 11.6. The minimum atomic E-state index is -4.16. The van der Waals surface area contributed by atoms with E-state index < -0.39 is 23.7 Å². The quantitative estimate of drug-likeness (QED) is 0.0683. The Balaban J connectivity index is 1.25. The predicted octanol–water partition coefficient (Wildman–Crippen LogP) is 8.55. The molecule has 52 heavy (non-hydrogen) atoms. The van der Waals surface area contributed by atoms with E-state index in [1.807, 2.05) is 12.7 Å². The number of hydrogen-bond donors (Lipinski definition) is 2. The third-order valence-corrected chi connectivity index (χ3v) is 11.7. The molecule has 0 amide bonds. The first-order valence-electron chi connectivity index (χ1n) is 17.9. The van der Waals surface area contributed by atoms with Crippen molar-refractivity contribution < 1.29 is 26.7 Å². The molecule has 4 aromatic rings. The molecule has 276 valence electrons. The van der Waals surface area contributed by atoms with Crippen LogP contribution in [0.25, 0.3) is 32.9 Å². The molecule has 7 nitrogen and oxygen atoms in total. The molecular weight excluding hydrogens is 714 g/mol. The van der Waals surface area contributed by atoms with E-state index in [2.05, 4.69) is 38.6 Å². The van der Waals surface area contributed by atoms with Gasteiger partial charge in [0.2, 0.25) is 0 Å². The first kappa shape index (κ1) is 37.0. The number of likely N-dealkylation sites (tertiary alicyclic amines) is 1. The van der Waals surface area contributed by atoms with E-state index in [4.69, 9.17) is 14.7 Å². The summed E-state index contributed by atoms with van der Waals surface area (Å²) in [6, 6.07) is 8.45. The molecule has 4 heterocycles. The summed E-state index contributed by atoms with van der Waals surface area (Å²) in [6.45, 7) is 7.32. The second-order valence-electron chi connectivity index (χ2n) is 14.1. The third kappa shape index (κ3) is 7.96. The second-order valence-corrected chi connectivity index (χ2v) is 16.8. The fourth-order valence-electron chi connectivity index (χ4n) is 7.37. The van der Waals surface area contributed by atoms with Crippen LogP contribution >= 0.6 is 19.2 Å². The van der Waals surface area contributed by atoms with Crippen LogP contribution in [-0.2, 0) is 6.42 Å². The number of hydrogen-bond acceptors (Lipinski definition) is 8. The van der Waals surface area contributed by atoms with Gasteiger partial charge >= 0.3 is 12.2 Å². The lowest BCUT2D eigenvalue weighted by molar-refractivity contribution is -0.185. The molecule has 2 unspecified atom stereocenters. The van der Waals surface area contributed by atoms with E-state index in [0.717, 1.165) is 25.8 Å². The van der Waals surface area contributed by atoms with Crippen molar-refractivity contribution in [3.05, 3.63) is 53.2 Å². The second kappa shape index (κ2) is 15.6. The lowest BCUT2D eigenvalue weighted by Gasteiger charge is -2.35. The fraction of sp³-hybridized carbons (Fsp3) is 0.500. The van der Waals surface area contributed by atoms with Gasteiger partial charge in [-0.1, -0.05) is 56.3 Å². The molecule has 0 radical (unpaired) electrons. The number of halogens is 5. The van der Waals surface area contributed by atoms with Crippen LogP contribution in [0.4, 0.5) is 27.8 Å². The number of benzene rings is 2. The predicted molar refractivity (Wildman–Crippen MR) is 200 cm³/mol. The molecule has 2 N–H and O–H groups in total. The topological polar surface area (TPSA) is 75.2 Å². The highest BCUT2D eigenvalue weighted by Crippen LogP contribution is 2.48. The van der Waals surface area contributed by atoms with Crippen LogP contribution in [-0.4, -0.2) is 78.1 Å². The number of alkyl halides is 3. The third-order valence-electron chi connectivity index (χ3n) is 10.4. The number of nitrogens with zero attached hydrogens (tertiary/aromatic N) is 4. The average Bonchev–Trinajstić information content (AvgIpc) is 3.92. The number of pyridine rings is 1. The van der Waals surface area contributed by atoms with Gasteiger partial charge in [0, 0.05) is 35.5 Å². The van der Waals surface area contributed by atoms with Crippen LogP contribution < -0.4 is 15.4 Å². The summed E-state index contributed by atoms with van der Waals surface area (Å²) in [5.74, 6) is 1.02. The largest absolute Gasteiger partial charge is 0.463 e.